The van der Waals surface area contributed by atoms with Crippen LogP contribution in [0.3, 0.4) is 0 Å². The van der Waals surface area contributed by atoms with Crippen LogP contribution in [0.2, 0.25) is 10.2 Å². The van der Waals surface area contributed by atoms with Gasteiger partial charge in [0.2, 0.25) is 10.0 Å². The van der Waals surface area contributed by atoms with E-state index in [0.29, 0.717) is 0 Å². The molecule has 0 aliphatic carbocycles. The Labute approximate surface area is 125 Å². The van der Waals surface area contributed by atoms with Gasteiger partial charge in [0.25, 0.3) is 0 Å². The van der Waals surface area contributed by atoms with Crippen LogP contribution in [0.15, 0.2) is 40.0 Å². The predicted octanol–water partition coefficient (Wildman–Crippen LogP) is 1.99. The van der Waals surface area contributed by atoms with E-state index in [9.17, 15) is 13.5 Å². The van der Waals surface area contributed by atoms with Crippen molar-refractivity contribution in [2.24, 2.45) is 0 Å². The number of aromatic nitrogens is 1. The quantitative estimate of drug-likeness (QED) is 0.814. The van der Waals surface area contributed by atoms with Crippen LogP contribution in [-0.2, 0) is 10.0 Å². The van der Waals surface area contributed by atoms with Crippen molar-refractivity contribution in [3.8, 4) is 0 Å². The lowest BCUT2D eigenvalue weighted by Crippen LogP contribution is -2.28. The molecule has 0 bridgehead atoms. The maximum absolute atomic E-state index is 12.0. The summed E-state index contributed by atoms with van der Waals surface area (Å²) in [6.07, 6.45) is 1.38. The van der Waals surface area contributed by atoms with Crippen LogP contribution in [0, 0.1) is 0 Å². The molecule has 6 nitrogen and oxygen atoms in total. The van der Waals surface area contributed by atoms with Crippen molar-refractivity contribution >= 4 is 33.2 Å². The Morgan fingerprint density at radius 1 is 1.45 bits per heavy atom. The fraction of sp³-hybridized carbons (Fsp3) is 0.182. The van der Waals surface area contributed by atoms with Crippen molar-refractivity contribution in [3.63, 3.8) is 0 Å². The van der Waals surface area contributed by atoms with Gasteiger partial charge in [0, 0.05) is 12.7 Å². The number of aliphatic hydroxyl groups is 1. The van der Waals surface area contributed by atoms with E-state index in [0.717, 1.165) is 6.20 Å². The Morgan fingerprint density at radius 2 is 2.20 bits per heavy atom. The molecule has 0 saturated heterocycles. The Hall–Kier alpha value is -1.12. The monoisotopic (exact) mass is 336 g/mol. The van der Waals surface area contributed by atoms with Crippen LogP contribution in [0.25, 0.3) is 0 Å². The Morgan fingerprint density at radius 3 is 2.80 bits per heavy atom. The third kappa shape index (κ3) is 3.50. The van der Waals surface area contributed by atoms with Gasteiger partial charge in [-0.3, -0.25) is 0 Å². The summed E-state index contributed by atoms with van der Waals surface area (Å²) >= 11 is 11.3. The molecule has 0 aliphatic heterocycles. The van der Waals surface area contributed by atoms with Crippen molar-refractivity contribution in [1.29, 1.82) is 0 Å². The molecule has 2 heterocycles. The summed E-state index contributed by atoms with van der Waals surface area (Å²) < 4.78 is 31.1. The molecule has 0 aromatic carbocycles. The first-order valence-corrected chi connectivity index (χ1v) is 7.66. The van der Waals surface area contributed by atoms with Gasteiger partial charge in [0.15, 0.2) is 0 Å². The van der Waals surface area contributed by atoms with Gasteiger partial charge in [-0.05, 0) is 18.2 Å². The van der Waals surface area contributed by atoms with Gasteiger partial charge < -0.3 is 9.52 Å². The van der Waals surface area contributed by atoms with Crippen LogP contribution in [0.4, 0.5) is 0 Å². The summed E-state index contributed by atoms with van der Waals surface area (Å²) in [4.78, 5) is 3.52. The maximum atomic E-state index is 12.0. The molecule has 1 unspecified atom stereocenters. The lowest BCUT2D eigenvalue weighted by Gasteiger charge is -2.10. The Balaban J connectivity index is 2.09. The molecule has 0 amide bonds. The van der Waals surface area contributed by atoms with E-state index in [1.807, 2.05) is 0 Å². The topological polar surface area (TPSA) is 92.4 Å². The first-order chi connectivity index (χ1) is 9.40. The molecular formula is C11H10Cl2N2O4S. The zero-order valence-corrected chi connectivity index (χ0v) is 12.3. The highest BCUT2D eigenvalue weighted by Crippen LogP contribution is 2.22. The second-order valence-electron chi connectivity index (χ2n) is 3.83. The van der Waals surface area contributed by atoms with Gasteiger partial charge in [-0.1, -0.05) is 23.2 Å². The number of nitrogens with one attached hydrogen (secondary N) is 1. The molecule has 108 valence electrons. The average Bonchev–Trinajstić information content (AvgIpc) is 2.93. The predicted molar refractivity (Wildman–Crippen MR) is 73.1 cm³/mol. The SMILES string of the molecule is O=S(=O)(NCC(O)c1ccco1)c1cnc(Cl)c(Cl)c1. The van der Waals surface area contributed by atoms with E-state index in [1.54, 1.807) is 12.1 Å². The van der Waals surface area contributed by atoms with Crippen molar-refractivity contribution in [1.82, 2.24) is 9.71 Å². The normalized spacial score (nSPS) is 13.3. The third-order valence-electron chi connectivity index (χ3n) is 2.42. The van der Waals surface area contributed by atoms with Crippen LogP contribution in [-0.4, -0.2) is 25.1 Å². The fourth-order valence-corrected chi connectivity index (χ4v) is 2.75. The number of hydrogen-bond donors (Lipinski definition) is 2. The minimum Gasteiger partial charge on any atom is -0.467 e. The van der Waals surface area contributed by atoms with Crippen molar-refractivity contribution < 1.29 is 17.9 Å². The lowest BCUT2D eigenvalue weighted by molar-refractivity contribution is 0.154. The molecule has 0 fully saturated rings. The minimum absolute atomic E-state index is 0.0150. The molecule has 0 saturated carbocycles. The van der Waals surface area contributed by atoms with Crippen molar-refractivity contribution in [3.05, 3.63) is 46.6 Å². The summed E-state index contributed by atoms with van der Waals surface area (Å²) in [6.45, 7) is -0.240. The van der Waals surface area contributed by atoms with Gasteiger partial charge in [0.1, 0.15) is 21.9 Å². The van der Waals surface area contributed by atoms with Crippen LogP contribution in [0.1, 0.15) is 11.9 Å². The summed E-state index contributed by atoms with van der Waals surface area (Å²) in [5.74, 6) is 0.264. The molecule has 9 heteroatoms. The highest BCUT2D eigenvalue weighted by Gasteiger charge is 2.19. The highest BCUT2D eigenvalue weighted by atomic mass is 35.5. The Bertz CT molecular complexity index is 688. The second-order valence-corrected chi connectivity index (χ2v) is 6.36. The first kappa shape index (κ1) is 15.3. The number of pyridine rings is 1. The standard InChI is InChI=1S/C11H10Cl2N2O4S/c12-8-4-7(5-14-11(8)13)20(17,18)15-6-9(16)10-2-1-3-19-10/h1-5,9,15-16H,6H2. The zero-order valence-electron chi connectivity index (χ0n) is 9.95. The van der Waals surface area contributed by atoms with Crippen molar-refractivity contribution in [2.45, 2.75) is 11.0 Å². The number of furan rings is 1. The minimum atomic E-state index is -3.84. The van der Waals surface area contributed by atoms with E-state index in [2.05, 4.69) is 9.71 Å². The van der Waals surface area contributed by atoms with E-state index in [4.69, 9.17) is 27.6 Å². The van der Waals surface area contributed by atoms with E-state index in [1.165, 1.54) is 12.3 Å². The van der Waals surface area contributed by atoms with Gasteiger partial charge in [-0.2, -0.15) is 0 Å². The summed E-state index contributed by atoms with van der Waals surface area (Å²) in [5, 5.41) is 9.78. The molecule has 2 aromatic rings. The fourth-order valence-electron chi connectivity index (χ4n) is 1.40. The van der Waals surface area contributed by atoms with E-state index >= 15 is 0 Å². The lowest BCUT2D eigenvalue weighted by atomic mass is 10.3. The number of halogens is 2. The number of hydrogen-bond acceptors (Lipinski definition) is 5. The number of sulfonamides is 1. The molecule has 2 N–H and O–H groups in total. The maximum Gasteiger partial charge on any atom is 0.242 e. The largest absolute Gasteiger partial charge is 0.467 e. The molecule has 0 radical (unpaired) electrons. The van der Waals surface area contributed by atoms with Gasteiger partial charge >= 0.3 is 0 Å². The Kier molecular flexibility index (Phi) is 4.66. The summed E-state index contributed by atoms with van der Waals surface area (Å²) in [6, 6.07) is 4.31. The van der Waals surface area contributed by atoms with Gasteiger partial charge in [0.05, 0.1) is 11.3 Å². The molecule has 20 heavy (non-hydrogen) atoms. The average molecular weight is 337 g/mol. The van der Waals surface area contributed by atoms with Crippen LogP contribution >= 0.6 is 23.2 Å². The molecule has 0 aliphatic rings. The summed E-state index contributed by atoms with van der Waals surface area (Å²) in [5.41, 5.74) is 0. The van der Waals surface area contributed by atoms with Crippen molar-refractivity contribution in [2.75, 3.05) is 6.54 Å². The molecule has 0 spiro atoms. The third-order valence-corrected chi connectivity index (χ3v) is 4.50. The molecule has 1 atom stereocenters. The summed E-state index contributed by atoms with van der Waals surface area (Å²) in [7, 11) is -3.84. The number of nitrogens with zero attached hydrogens (tertiary/aromatic N) is 1. The molecule has 2 aromatic heterocycles. The smallest absolute Gasteiger partial charge is 0.242 e. The molecular weight excluding hydrogens is 327 g/mol. The molecule has 2 rings (SSSR count). The first-order valence-electron chi connectivity index (χ1n) is 5.42. The van der Waals surface area contributed by atoms with E-state index < -0.39 is 16.1 Å². The second kappa shape index (κ2) is 6.11. The highest BCUT2D eigenvalue weighted by molar-refractivity contribution is 7.89. The zero-order chi connectivity index (χ0) is 14.8. The van der Waals surface area contributed by atoms with Crippen LogP contribution in [0.5, 0.6) is 0 Å². The van der Waals surface area contributed by atoms with Gasteiger partial charge in [-0.15, -0.1) is 0 Å². The van der Waals surface area contributed by atoms with Gasteiger partial charge in [-0.25, -0.2) is 18.1 Å². The number of aliphatic hydroxyl groups excluding tert-OH is 1. The number of rotatable bonds is 5. The van der Waals surface area contributed by atoms with E-state index in [-0.39, 0.29) is 27.4 Å². The van der Waals surface area contributed by atoms with Crippen LogP contribution < -0.4 is 4.72 Å².